The van der Waals surface area contributed by atoms with E-state index in [-0.39, 0.29) is 5.78 Å². The summed E-state index contributed by atoms with van der Waals surface area (Å²) in [7, 11) is 0. The summed E-state index contributed by atoms with van der Waals surface area (Å²) in [6.45, 7) is 4.96. The first-order valence-electron chi connectivity index (χ1n) is 7.03. The first kappa shape index (κ1) is 13.3. The smallest absolute Gasteiger partial charge is 0.164 e. The summed E-state index contributed by atoms with van der Waals surface area (Å²) in [6.07, 6.45) is 4.56. The lowest BCUT2D eigenvalue weighted by Gasteiger charge is -2.25. The molecule has 0 radical (unpaired) electrons. The fourth-order valence-corrected chi connectivity index (χ4v) is 2.30. The van der Waals surface area contributed by atoms with Crippen LogP contribution in [0.15, 0.2) is 24.3 Å². The monoisotopic (exact) mass is 245 g/mol. The van der Waals surface area contributed by atoms with Crippen LogP contribution in [0.5, 0.6) is 0 Å². The molecule has 2 heteroatoms. The van der Waals surface area contributed by atoms with Gasteiger partial charge in [0.25, 0.3) is 0 Å². The minimum Gasteiger partial charge on any atom is -0.314 e. The highest BCUT2D eigenvalue weighted by Gasteiger charge is 2.19. The number of Topliss-reactive ketones (excluding diaryl/α,β-unsaturated/α-hetero) is 1. The summed E-state index contributed by atoms with van der Waals surface area (Å²) in [6, 6.07) is 8.69. The van der Waals surface area contributed by atoms with Crippen LogP contribution in [-0.2, 0) is 0 Å². The summed E-state index contributed by atoms with van der Waals surface area (Å²) in [5.41, 5.74) is 2.25. The molecule has 1 N–H and O–H groups in total. The van der Waals surface area contributed by atoms with Crippen LogP contribution in [0.3, 0.4) is 0 Å². The third-order valence-corrected chi connectivity index (χ3v) is 3.71. The highest BCUT2D eigenvalue weighted by atomic mass is 16.1. The molecule has 1 aliphatic rings. The molecule has 2 rings (SSSR count). The lowest BCUT2D eigenvalue weighted by Crippen LogP contribution is -2.25. The number of rotatable bonds is 6. The minimum atomic E-state index is 0.239. The Bertz CT molecular complexity index is 390. The van der Waals surface area contributed by atoms with Crippen LogP contribution < -0.4 is 5.32 Å². The Morgan fingerprint density at radius 1 is 1.28 bits per heavy atom. The van der Waals surface area contributed by atoms with E-state index >= 15 is 0 Å². The van der Waals surface area contributed by atoms with Crippen LogP contribution in [0.2, 0.25) is 0 Å². The predicted molar refractivity (Wildman–Crippen MR) is 75.1 cm³/mol. The van der Waals surface area contributed by atoms with E-state index in [4.69, 9.17) is 0 Å². The van der Waals surface area contributed by atoms with Gasteiger partial charge in [0.05, 0.1) is 0 Å². The maximum Gasteiger partial charge on any atom is 0.164 e. The number of hydrogen-bond donors (Lipinski definition) is 1. The van der Waals surface area contributed by atoms with E-state index in [9.17, 15) is 4.79 Å². The van der Waals surface area contributed by atoms with E-state index in [1.165, 1.54) is 24.8 Å². The van der Waals surface area contributed by atoms with Gasteiger partial charge in [-0.15, -0.1) is 0 Å². The Labute approximate surface area is 110 Å². The zero-order chi connectivity index (χ0) is 13.0. The normalized spacial score (nSPS) is 15.7. The highest BCUT2D eigenvalue weighted by Crippen LogP contribution is 2.36. The molecule has 0 saturated heterocycles. The molecule has 0 aromatic heterocycles. The fraction of sp³-hybridized carbons (Fsp3) is 0.562. The van der Waals surface area contributed by atoms with E-state index in [1.807, 2.05) is 12.1 Å². The summed E-state index contributed by atoms with van der Waals surface area (Å²) in [5.74, 6) is 0.986. The topological polar surface area (TPSA) is 29.1 Å². The number of carbonyl (C=O) groups excluding carboxylic acids is 1. The molecule has 0 amide bonds. The molecule has 0 aliphatic heterocycles. The van der Waals surface area contributed by atoms with Crippen molar-refractivity contribution in [1.29, 1.82) is 0 Å². The van der Waals surface area contributed by atoms with Crippen molar-refractivity contribution in [1.82, 2.24) is 5.32 Å². The lowest BCUT2D eigenvalue weighted by molar-refractivity contribution is 0.0982. The molecule has 0 bridgehead atoms. The average molecular weight is 245 g/mol. The van der Waals surface area contributed by atoms with Gasteiger partial charge < -0.3 is 5.32 Å². The molecule has 0 heterocycles. The van der Waals surface area contributed by atoms with Crippen LogP contribution >= 0.6 is 0 Å². The van der Waals surface area contributed by atoms with Crippen molar-refractivity contribution >= 4 is 5.78 Å². The van der Waals surface area contributed by atoms with Crippen molar-refractivity contribution < 1.29 is 4.79 Å². The van der Waals surface area contributed by atoms with Gasteiger partial charge >= 0.3 is 0 Å². The molecule has 2 nitrogen and oxygen atoms in total. The van der Waals surface area contributed by atoms with E-state index in [0.717, 1.165) is 18.0 Å². The van der Waals surface area contributed by atoms with Gasteiger partial charge in [0.1, 0.15) is 0 Å². The summed E-state index contributed by atoms with van der Waals surface area (Å²) in [5, 5.41) is 3.27. The zero-order valence-electron chi connectivity index (χ0n) is 11.4. The van der Waals surface area contributed by atoms with Gasteiger partial charge in [0, 0.05) is 24.6 Å². The van der Waals surface area contributed by atoms with Crippen molar-refractivity contribution in [3.8, 4) is 0 Å². The molecule has 0 atom stereocenters. The van der Waals surface area contributed by atoms with Gasteiger partial charge in [-0.2, -0.15) is 0 Å². The second kappa shape index (κ2) is 6.14. The van der Waals surface area contributed by atoms with Gasteiger partial charge in [-0.1, -0.05) is 44.5 Å². The maximum absolute atomic E-state index is 12.0. The van der Waals surface area contributed by atoms with Crippen LogP contribution in [-0.4, -0.2) is 18.4 Å². The third kappa shape index (κ3) is 3.42. The van der Waals surface area contributed by atoms with Gasteiger partial charge in [0.2, 0.25) is 0 Å². The standard InChI is InChI=1S/C16H23NO/c1-12(2)17-11-10-16(18)15-8-6-14(7-9-15)13-4-3-5-13/h6-9,12-13,17H,3-5,10-11H2,1-2H3. The van der Waals surface area contributed by atoms with Crippen molar-refractivity contribution in [2.45, 2.75) is 51.5 Å². The second-order valence-corrected chi connectivity index (χ2v) is 5.53. The van der Waals surface area contributed by atoms with Gasteiger partial charge in [-0.25, -0.2) is 0 Å². The van der Waals surface area contributed by atoms with Gasteiger partial charge in [-0.3, -0.25) is 4.79 Å². The Morgan fingerprint density at radius 3 is 2.44 bits per heavy atom. The van der Waals surface area contributed by atoms with E-state index in [1.54, 1.807) is 0 Å². The molecule has 98 valence electrons. The average Bonchev–Trinajstić information content (AvgIpc) is 2.27. The molecular weight excluding hydrogens is 222 g/mol. The fourth-order valence-electron chi connectivity index (χ4n) is 2.30. The number of nitrogens with one attached hydrogen (secondary N) is 1. The predicted octanol–water partition coefficient (Wildman–Crippen LogP) is 3.52. The lowest BCUT2D eigenvalue weighted by atomic mass is 9.80. The van der Waals surface area contributed by atoms with Crippen LogP contribution in [0.4, 0.5) is 0 Å². The molecule has 0 spiro atoms. The van der Waals surface area contributed by atoms with Crippen LogP contribution in [0, 0.1) is 0 Å². The van der Waals surface area contributed by atoms with Gasteiger partial charge in [-0.05, 0) is 24.3 Å². The number of benzene rings is 1. The van der Waals surface area contributed by atoms with E-state index < -0.39 is 0 Å². The second-order valence-electron chi connectivity index (χ2n) is 5.53. The molecule has 1 fully saturated rings. The minimum absolute atomic E-state index is 0.239. The Hall–Kier alpha value is -1.15. The number of hydrogen-bond acceptors (Lipinski definition) is 2. The molecule has 1 saturated carbocycles. The van der Waals surface area contributed by atoms with Crippen LogP contribution in [0.25, 0.3) is 0 Å². The van der Waals surface area contributed by atoms with Gasteiger partial charge in [0.15, 0.2) is 5.78 Å². The van der Waals surface area contributed by atoms with Crippen molar-refractivity contribution in [3.63, 3.8) is 0 Å². The summed E-state index contributed by atoms with van der Waals surface area (Å²) < 4.78 is 0. The van der Waals surface area contributed by atoms with Crippen LogP contribution in [0.1, 0.15) is 61.4 Å². The summed E-state index contributed by atoms with van der Waals surface area (Å²) in [4.78, 5) is 12.0. The molecule has 0 unspecified atom stereocenters. The number of carbonyl (C=O) groups is 1. The molecule has 1 aromatic rings. The first-order valence-corrected chi connectivity index (χ1v) is 7.03. The largest absolute Gasteiger partial charge is 0.314 e. The van der Waals surface area contributed by atoms with E-state index in [0.29, 0.717) is 12.5 Å². The number of ketones is 1. The third-order valence-electron chi connectivity index (χ3n) is 3.71. The van der Waals surface area contributed by atoms with E-state index in [2.05, 4.69) is 31.3 Å². The molecular formula is C16H23NO. The highest BCUT2D eigenvalue weighted by molar-refractivity contribution is 5.96. The Kier molecular flexibility index (Phi) is 4.54. The van der Waals surface area contributed by atoms with Crippen molar-refractivity contribution in [3.05, 3.63) is 35.4 Å². The first-order chi connectivity index (χ1) is 8.66. The van der Waals surface area contributed by atoms with Crippen molar-refractivity contribution in [2.75, 3.05) is 6.54 Å². The SMILES string of the molecule is CC(C)NCCC(=O)c1ccc(C2CCC2)cc1. The molecule has 18 heavy (non-hydrogen) atoms. The zero-order valence-corrected chi connectivity index (χ0v) is 11.4. The quantitative estimate of drug-likeness (QED) is 0.777. The maximum atomic E-state index is 12.0. The Balaban J connectivity index is 1.86. The molecule has 1 aliphatic carbocycles. The summed E-state index contributed by atoms with van der Waals surface area (Å²) >= 11 is 0. The molecule has 1 aromatic carbocycles. The van der Waals surface area contributed by atoms with Crippen molar-refractivity contribution in [2.24, 2.45) is 0 Å². The Morgan fingerprint density at radius 2 is 1.94 bits per heavy atom.